The maximum absolute atomic E-state index is 12.5. The number of hydrogen-bond donors (Lipinski definition) is 2. The molecule has 126 valence electrons. The Labute approximate surface area is 132 Å². The third-order valence-corrected chi connectivity index (χ3v) is 3.37. The van der Waals surface area contributed by atoms with Gasteiger partial charge in [0.15, 0.2) is 6.10 Å². The lowest BCUT2D eigenvalue weighted by Gasteiger charge is -2.22. The molecule has 0 saturated carbocycles. The average molecular weight is 327 g/mol. The molecule has 2 rings (SSSR count). The van der Waals surface area contributed by atoms with Gasteiger partial charge in [0.25, 0.3) is 0 Å². The van der Waals surface area contributed by atoms with Gasteiger partial charge in [0.1, 0.15) is 0 Å². The van der Waals surface area contributed by atoms with Crippen molar-refractivity contribution in [3.05, 3.63) is 47.8 Å². The summed E-state index contributed by atoms with van der Waals surface area (Å²) in [6, 6.07) is 7.45. The topological polar surface area (TPSA) is 50.1 Å². The molecule has 0 fully saturated rings. The molecule has 4 nitrogen and oxygen atoms in total. The monoisotopic (exact) mass is 327 g/mol. The van der Waals surface area contributed by atoms with Gasteiger partial charge in [-0.1, -0.05) is 12.1 Å². The van der Waals surface area contributed by atoms with Crippen LogP contribution in [0, 0.1) is 0 Å². The zero-order chi connectivity index (χ0) is 17.3. The molecular formula is C16H20F3N3O. The zero-order valence-electron chi connectivity index (χ0n) is 13.2. The van der Waals surface area contributed by atoms with E-state index in [1.54, 1.807) is 6.20 Å². The number of aliphatic hydroxyl groups is 1. The average Bonchev–Trinajstić information content (AvgIpc) is 2.92. The maximum Gasteiger partial charge on any atom is 0.418 e. The second kappa shape index (κ2) is 6.23. The van der Waals surface area contributed by atoms with Gasteiger partial charge in [-0.15, -0.1) is 0 Å². The highest BCUT2D eigenvalue weighted by atomic mass is 19.4. The molecule has 1 unspecified atom stereocenters. The first-order valence-corrected chi connectivity index (χ1v) is 7.21. The van der Waals surface area contributed by atoms with E-state index in [1.807, 2.05) is 31.5 Å². The molecule has 0 spiro atoms. The smallest absolute Gasteiger partial charge is 0.379 e. The largest absolute Gasteiger partial charge is 0.418 e. The van der Waals surface area contributed by atoms with Gasteiger partial charge in [-0.2, -0.15) is 18.3 Å². The normalized spacial score (nSPS) is 13.9. The van der Waals surface area contributed by atoms with Crippen molar-refractivity contribution < 1.29 is 18.3 Å². The molecule has 2 aromatic rings. The summed E-state index contributed by atoms with van der Waals surface area (Å²) in [6.07, 6.45) is -5.40. The number of rotatable bonds is 4. The Bertz CT molecular complexity index is 642. The highest BCUT2D eigenvalue weighted by Crippen LogP contribution is 2.32. The van der Waals surface area contributed by atoms with Crippen LogP contribution in [0.5, 0.6) is 0 Å². The first kappa shape index (κ1) is 17.3. The summed E-state index contributed by atoms with van der Waals surface area (Å²) in [5.74, 6) is 0. The Balaban J connectivity index is 2.04. The fourth-order valence-electron chi connectivity index (χ4n) is 2.23. The minimum Gasteiger partial charge on any atom is -0.379 e. The summed E-state index contributed by atoms with van der Waals surface area (Å²) in [7, 11) is 0. The minimum absolute atomic E-state index is 0.152. The lowest BCUT2D eigenvalue weighted by Crippen LogP contribution is -2.26. The molecule has 0 radical (unpaired) electrons. The van der Waals surface area contributed by atoms with Crippen LogP contribution in [0.3, 0.4) is 0 Å². The number of anilines is 1. The molecule has 1 aromatic heterocycles. The molecule has 1 heterocycles. The van der Waals surface area contributed by atoms with Gasteiger partial charge >= 0.3 is 6.18 Å². The number of alkyl halides is 3. The van der Waals surface area contributed by atoms with Crippen LogP contribution < -0.4 is 5.32 Å². The van der Waals surface area contributed by atoms with Gasteiger partial charge in [0.05, 0.1) is 17.8 Å². The van der Waals surface area contributed by atoms with Crippen LogP contribution in [0.1, 0.15) is 38.1 Å². The fourth-order valence-corrected chi connectivity index (χ4v) is 2.23. The van der Waals surface area contributed by atoms with Crippen LogP contribution >= 0.6 is 0 Å². The van der Waals surface area contributed by atoms with Crippen molar-refractivity contribution in [3.8, 4) is 0 Å². The van der Waals surface area contributed by atoms with E-state index in [-0.39, 0.29) is 11.1 Å². The summed E-state index contributed by atoms with van der Waals surface area (Å²) >= 11 is 0. The second-order valence-corrected chi connectivity index (χ2v) is 6.32. The van der Waals surface area contributed by atoms with E-state index in [0.717, 1.165) is 5.69 Å². The molecule has 0 aliphatic rings. The van der Waals surface area contributed by atoms with Crippen molar-refractivity contribution in [1.29, 1.82) is 0 Å². The number of benzene rings is 1. The first-order chi connectivity index (χ1) is 10.6. The molecule has 1 aromatic carbocycles. The van der Waals surface area contributed by atoms with E-state index >= 15 is 0 Å². The summed E-state index contributed by atoms with van der Waals surface area (Å²) in [5.41, 5.74) is 1.31. The third kappa shape index (κ3) is 4.25. The SMILES string of the molecule is CC(C)(C)n1nccc1CNc1ccc(C(O)C(F)(F)F)cc1. The van der Waals surface area contributed by atoms with Crippen LogP contribution in [0.15, 0.2) is 36.5 Å². The van der Waals surface area contributed by atoms with Gasteiger partial charge in [-0.3, -0.25) is 4.68 Å². The molecule has 2 N–H and O–H groups in total. The maximum atomic E-state index is 12.5. The summed E-state index contributed by atoms with van der Waals surface area (Å²) in [4.78, 5) is 0. The van der Waals surface area contributed by atoms with Gasteiger partial charge < -0.3 is 10.4 Å². The lowest BCUT2D eigenvalue weighted by atomic mass is 10.1. The van der Waals surface area contributed by atoms with Crippen molar-refractivity contribution >= 4 is 5.69 Å². The third-order valence-electron chi connectivity index (χ3n) is 3.37. The van der Waals surface area contributed by atoms with Crippen molar-refractivity contribution in [1.82, 2.24) is 9.78 Å². The Morgan fingerprint density at radius 2 is 1.74 bits per heavy atom. The van der Waals surface area contributed by atoms with Crippen molar-refractivity contribution in [2.24, 2.45) is 0 Å². The quantitative estimate of drug-likeness (QED) is 0.897. The Hall–Kier alpha value is -2.02. The predicted molar refractivity (Wildman–Crippen MR) is 82.0 cm³/mol. The van der Waals surface area contributed by atoms with E-state index in [9.17, 15) is 18.3 Å². The lowest BCUT2D eigenvalue weighted by molar-refractivity contribution is -0.206. The molecule has 0 bridgehead atoms. The highest BCUT2D eigenvalue weighted by Gasteiger charge is 2.39. The Kier molecular flexibility index (Phi) is 4.70. The number of aliphatic hydroxyl groups excluding tert-OH is 1. The van der Waals surface area contributed by atoms with E-state index in [4.69, 9.17) is 0 Å². The van der Waals surface area contributed by atoms with E-state index in [2.05, 4.69) is 10.4 Å². The number of nitrogens with zero attached hydrogens (tertiary/aromatic N) is 2. The Morgan fingerprint density at radius 3 is 2.26 bits per heavy atom. The van der Waals surface area contributed by atoms with Gasteiger partial charge in [-0.25, -0.2) is 0 Å². The molecule has 0 saturated heterocycles. The van der Waals surface area contributed by atoms with Crippen molar-refractivity contribution in [2.45, 2.75) is 45.1 Å². The number of halogens is 3. The predicted octanol–water partition coefficient (Wildman–Crippen LogP) is 3.85. The van der Waals surface area contributed by atoms with E-state index in [0.29, 0.717) is 12.2 Å². The number of hydrogen-bond acceptors (Lipinski definition) is 3. The van der Waals surface area contributed by atoms with Crippen molar-refractivity contribution in [2.75, 3.05) is 5.32 Å². The summed E-state index contributed by atoms with van der Waals surface area (Å²) < 4.78 is 39.2. The molecule has 7 heteroatoms. The Morgan fingerprint density at radius 1 is 1.13 bits per heavy atom. The van der Waals surface area contributed by atoms with Gasteiger partial charge in [-0.05, 0) is 44.5 Å². The molecular weight excluding hydrogens is 307 g/mol. The van der Waals surface area contributed by atoms with Crippen LogP contribution in [-0.2, 0) is 12.1 Å². The highest BCUT2D eigenvalue weighted by molar-refractivity contribution is 5.45. The van der Waals surface area contributed by atoms with Gasteiger partial charge in [0.2, 0.25) is 0 Å². The van der Waals surface area contributed by atoms with Gasteiger partial charge in [0, 0.05) is 11.9 Å². The molecule has 1 atom stereocenters. The molecule has 0 aliphatic heterocycles. The van der Waals surface area contributed by atoms with Crippen molar-refractivity contribution in [3.63, 3.8) is 0 Å². The molecule has 0 aliphatic carbocycles. The van der Waals surface area contributed by atoms with Crippen LogP contribution in [0.2, 0.25) is 0 Å². The zero-order valence-corrected chi connectivity index (χ0v) is 13.2. The number of nitrogens with one attached hydrogen (secondary N) is 1. The molecule has 23 heavy (non-hydrogen) atoms. The minimum atomic E-state index is -4.66. The van der Waals surface area contributed by atoms with E-state index < -0.39 is 12.3 Å². The summed E-state index contributed by atoms with van der Waals surface area (Å²) in [6.45, 7) is 6.61. The van der Waals surface area contributed by atoms with Crippen LogP contribution in [0.25, 0.3) is 0 Å². The van der Waals surface area contributed by atoms with Crippen LogP contribution in [-0.4, -0.2) is 21.1 Å². The second-order valence-electron chi connectivity index (χ2n) is 6.32. The number of aromatic nitrogens is 2. The summed E-state index contributed by atoms with van der Waals surface area (Å²) in [5, 5.41) is 16.6. The standard InChI is InChI=1S/C16H20F3N3O/c1-15(2,3)22-13(8-9-21-22)10-20-12-6-4-11(5-7-12)14(23)16(17,18)19/h4-9,14,20,23H,10H2,1-3H3. The first-order valence-electron chi connectivity index (χ1n) is 7.21. The fraction of sp³-hybridized carbons (Fsp3) is 0.438. The van der Waals surface area contributed by atoms with E-state index in [1.165, 1.54) is 24.3 Å². The van der Waals surface area contributed by atoms with Crippen LogP contribution in [0.4, 0.5) is 18.9 Å². The molecule has 0 amide bonds.